The van der Waals surface area contributed by atoms with Crippen LogP contribution in [0, 0.1) is 5.41 Å². The average Bonchev–Trinajstić information content (AvgIpc) is 3.46. The summed E-state index contributed by atoms with van der Waals surface area (Å²) in [7, 11) is 0. The largest absolute Gasteiger partial charge is 0.396 e. The zero-order valence-electron chi connectivity index (χ0n) is 14.1. The van der Waals surface area contributed by atoms with E-state index in [1.165, 1.54) is 18.4 Å². The van der Waals surface area contributed by atoms with Gasteiger partial charge in [0.15, 0.2) is 5.96 Å². The van der Waals surface area contributed by atoms with Crippen molar-refractivity contribution >= 4 is 45.9 Å². The van der Waals surface area contributed by atoms with Crippen LogP contribution in [-0.2, 0) is 5.41 Å². The number of halogens is 2. The molecule has 6 heteroatoms. The fourth-order valence-corrected chi connectivity index (χ4v) is 3.32. The number of nitrogens with one attached hydrogen (secondary N) is 2. The Hall–Kier alpha value is -0.340. The second kappa shape index (κ2) is 8.36. The molecule has 0 amide bonds. The molecule has 2 aliphatic rings. The maximum absolute atomic E-state index is 9.43. The minimum absolute atomic E-state index is 0. The van der Waals surface area contributed by atoms with Gasteiger partial charge in [-0.1, -0.05) is 28.1 Å². The second-order valence-electron chi connectivity index (χ2n) is 7.00. The fraction of sp³-hybridized carbons (Fsp3) is 0.611. The molecule has 3 rings (SSSR count). The first-order valence-electron chi connectivity index (χ1n) is 8.51. The van der Waals surface area contributed by atoms with Gasteiger partial charge in [-0.05, 0) is 50.3 Å². The summed E-state index contributed by atoms with van der Waals surface area (Å²) in [5.41, 5.74) is 1.70. The van der Waals surface area contributed by atoms with Crippen molar-refractivity contribution in [1.82, 2.24) is 10.6 Å². The fourth-order valence-electron chi connectivity index (χ4n) is 2.92. The van der Waals surface area contributed by atoms with Crippen LogP contribution in [0.5, 0.6) is 0 Å². The minimum Gasteiger partial charge on any atom is -0.396 e. The van der Waals surface area contributed by atoms with Crippen molar-refractivity contribution in [3.8, 4) is 0 Å². The van der Waals surface area contributed by atoms with Gasteiger partial charge < -0.3 is 15.7 Å². The van der Waals surface area contributed by atoms with Gasteiger partial charge in [-0.2, -0.15) is 0 Å². The van der Waals surface area contributed by atoms with Gasteiger partial charge in [0, 0.05) is 28.4 Å². The number of rotatable bonds is 7. The van der Waals surface area contributed by atoms with E-state index in [4.69, 9.17) is 0 Å². The van der Waals surface area contributed by atoms with E-state index in [1.807, 2.05) is 0 Å². The lowest BCUT2D eigenvalue weighted by molar-refractivity contribution is 0.217. The summed E-state index contributed by atoms with van der Waals surface area (Å²) in [6.07, 6.45) is 4.62. The van der Waals surface area contributed by atoms with E-state index in [9.17, 15) is 5.11 Å². The number of hydrogen-bond donors (Lipinski definition) is 3. The van der Waals surface area contributed by atoms with Crippen LogP contribution in [0.25, 0.3) is 0 Å². The third-order valence-electron chi connectivity index (χ3n) is 5.09. The lowest BCUT2D eigenvalue weighted by atomic mass is 9.96. The molecule has 2 fully saturated rings. The average molecular weight is 508 g/mol. The summed E-state index contributed by atoms with van der Waals surface area (Å²) in [5, 5.41) is 16.3. The number of aliphatic imine (C=N–C) groups is 1. The van der Waals surface area contributed by atoms with Gasteiger partial charge in [0.1, 0.15) is 0 Å². The number of nitrogens with zero attached hydrogens (tertiary/aromatic N) is 1. The van der Waals surface area contributed by atoms with Crippen LogP contribution >= 0.6 is 39.9 Å². The zero-order valence-corrected chi connectivity index (χ0v) is 18.1. The van der Waals surface area contributed by atoms with E-state index in [2.05, 4.69) is 62.7 Å². The predicted octanol–water partition coefficient (Wildman–Crippen LogP) is 3.43. The third kappa shape index (κ3) is 4.85. The van der Waals surface area contributed by atoms with Crippen LogP contribution in [0.4, 0.5) is 0 Å². The number of benzene rings is 1. The lowest BCUT2D eigenvalue weighted by Gasteiger charge is -2.20. The molecule has 2 aliphatic carbocycles. The first-order chi connectivity index (χ1) is 11.1. The highest BCUT2D eigenvalue weighted by molar-refractivity contribution is 14.0. The van der Waals surface area contributed by atoms with E-state index in [0.717, 1.165) is 36.4 Å². The Morgan fingerprint density at radius 3 is 2.54 bits per heavy atom. The van der Waals surface area contributed by atoms with Crippen molar-refractivity contribution < 1.29 is 5.11 Å². The molecular weight excluding hydrogens is 481 g/mol. The predicted molar refractivity (Wildman–Crippen MR) is 113 cm³/mol. The van der Waals surface area contributed by atoms with E-state index in [-0.39, 0.29) is 41.4 Å². The van der Waals surface area contributed by atoms with Gasteiger partial charge in [0.05, 0.1) is 13.2 Å². The summed E-state index contributed by atoms with van der Waals surface area (Å²) in [6.45, 7) is 4.79. The molecule has 0 heterocycles. The molecule has 4 nitrogen and oxygen atoms in total. The lowest BCUT2D eigenvalue weighted by Crippen LogP contribution is -2.41. The van der Waals surface area contributed by atoms with Crippen molar-refractivity contribution in [2.75, 3.05) is 26.2 Å². The molecule has 2 saturated carbocycles. The highest BCUT2D eigenvalue weighted by Gasteiger charge is 2.44. The van der Waals surface area contributed by atoms with Crippen molar-refractivity contribution in [1.29, 1.82) is 0 Å². The highest BCUT2D eigenvalue weighted by Crippen LogP contribution is 2.48. The summed E-state index contributed by atoms with van der Waals surface area (Å²) in [6, 6.07) is 8.62. The number of aliphatic hydroxyl groups excluding tert-OH is 1. The molecule has 0 atom stereocenters. The normalized spacial score (nSPS) is 20.0. The van der Waals surface area contributed by atoms with Crippen LogP contribution in [0.3, 0.4) is 0 Å². The molecule has 0 radical (unpaired) electrons. The Balaban J connectivity index is 0.00000208. The SMILES string of the molecule is CCNC(=NCC1(CO)CC1)NCC1(c2cccc(Br)c2)CC1.I. The molecule has 0 unspecified atom stereocenters. The molecule has 134 valence electrons. The van der Waals surface area contributed by atoms with E-state index in [0.29, 0.717) is 6.54 Å². The van der Waals surface area contributed by atoms with Gasteiger partial charge in [-0.3, -0.25) is 4.99 Å². The first-order valence-corrected chi connectivity index (χ1v) is 9.30. The van der Waals surface area contributed by atoms with Gasteiger partial charge in [0.2, 0.25) is 0 Å². The number of aliphatic hydroxyl groups is 1. The van der Waals surface area contributed by atoms with Crippen molar-refractivity contribution in [2.24, 2.45) is 10.4 Å². The van der Waals surface area contributed by atoms with Crippen molar-refractivity contribution in [3.05, 3.63) is 34.3 Å². The highest BCUT2D eigenvalue weighted by atomic mass is 127. The van der Waals surface area contributed by atoms with Gasteiger partial charge in [-0.15, -0.1) is 24.0 Å². The van der Waals surface area contributed by atoms with E-state index >= 15 is 0 Å². The van der Waals surface area contributed by atoms with Crippen LogP contribution < -0.4 is 10.6 Å². The maximum atomic E-state index is 9.43. The van der Waals surface area contributed by atoms with Crippen molar-refractivity contribution in [3.63, 3.8) is 0 Å². The Labute approximate surface area is 170 Å². The van der Waals surface area contributed by atoms with Crippen LogP contribution in [0.15, 0.2) is 33.7 Å². The maximum Gasteiger partial charge on any atom is 0.191 e. The Bertz CT molecular complexity index is 585. The van der Waals surface area contributed by atoms with Gasteiger partial charge in [0.25, 0.3) is 0 Å². The molecule has 0 spiro atoms. The topological polar surface area (TPSA) is 56.7 Å². The summed E-state index contributed by atoms with van der Waals surface area (Å²) in [5.74, 6) is 0.869. The molecule has 0 saturated heterocycles. The van der Waals surface area contributed by atoms with Crippen molar-refractivity contribution in [2.45, 2.75) is 38.0 Å². The number of hydrogen-bond acceptors (Lipinski definition) is 2. The van der Waals surface area contributed by atoms with Gasteiger partial charge in [-0.25, -0.2) is 0 Å². The Morgan fingerprint density at radius 1 is 1.25 bits per heavy atom. The summed E-state index contributed by atoms with van der Waals surface area (Å²) < 4.78 is 1.14. The molecule has 3 N–H and O–H groups in total. The Morgan fingerprint density at radius 2 is 2.00 bits per heavy atom. The van der Waals surface area contributed by atoms with Gasteiger partial charge >= 0.3 is 0 Å². The standard InChI is InChI=1S/C18H26BrN3O.HI/c1-2-20-16(21-11-17(13-23)6-7-17)22-12-18(8-9-18)14-4-3-5-15(19)10-14;/h3-5,10,23H,2,6-9,11-13H2,1H3,(H2,20,21,22);1H. The third-order valence-corrected chi connectivity index (χ3v) is 5.59. The van der Waals surface area contributed by atoms with Crippen LogP contribution in [0.2, 0.25) is 0 Å². The smallest absolute Gasteiger partial charge is 0.191 e. The minimum atomic E-state index is 0. The summed E-state index contributed by atoms with van der Waals surface area (Å²) in [4.78, 5) is 4.69. The quantitative estimate of drug-likeness (QED) is 0.301. The first kappa shape index (κ1) is 20.0. The summed E-state index contributed by atoms with van der Waals surface area (Å²) >= 11 is 3.57. The van der Waals surface area contributed by atoms with E-state index in [1.54, 1.807) is 0 Å². The Kier molecular flexibility index (Phi) is 6.96. The molecule has 0 aromatic heterocycles. The van der Waals surface area contributed by atoms with E-state index < -0.39 is 0 Å². The molecule has 24 heavy (non-hydrogen) atoms. The molecular formula is C18H27BrIN3O. The zero-order chi connectivity index (χ0) is 16.3. The monoisotopic (exact) mass is 507 g/mol. The molecule has 0 bridgehead atoms. The molecule has 1 aromatic rings. The van der Waals surface area contributed by atoms with Crippen LogP contribution in [-0.4, -0.2) is 37.3 Å². The molecule has 1 aromatic carbocycles. The second-order valence-corrected chi connectivity index (χ2v) is 7.91. The molecule has 0 aliphatic heterocycles. The van der Waals surface area contributed by atoms with Crippen LogP contribution in [0.1, 0.15) is 38.2 Å². The number of guanidine groups is 1.